The summed E-state index contributed by atoms with van der Waals surface area (Å²) in [5.74, 6) is -0.666. The van der Waals surface area contributed by atoms with Gasteiger partial charge in [-0.25, -0.2) is 4.90 Å². The van der Waals surface area contributed by atoms with Crippen molar-refractivity contribution < 1.29 is 14.4 Å². The lowest BCUT2D eigenvalue weighted by Gasteiger charge is -2.20. The molecule has 90 valence electrons. The minimum Gasteiger partial charge on any atom is -0.295 e. The van der Waals surface area contributed by atoms with Gasteiger partial charge in [-0.15, -0.1) is 0 Å². The highest BCUT2D eigenvalue weighted by Crippen LogP contribution is 2.29. The minimum atomic E-state index is -0.323. The van der Waals surface area contributed by atoms with Gasteiger partial charge in [0.25, 0.3) is 11.8 Å². The van der Waals surface area contributed by atoms with Crippen molar-refractivity contribution in [2.75, 3.05) is 0 Å². The normalized spacial score (nSPS) is 19.0. The Labute approximate surface area is 104 Å². The maximum Gasteiger partial charge on any atom is 0.265 e. The summed E-state index contributed by atoms with van der Waals surface area (Å²) in [6.07, 6.45) is 3.20. The lowest BCUT2D eigenvalue weighted by molar-refractivity contribution is -0.115. The van der Waals surface area contributed by atoms with Crippen LogP contribution in [0.25, 0.3) is 0 Å². The number of allylic oxidation sites excluding steroid dienone is 2. The molecule has 1 aromatic rings. The Kier molecular flexibility index (Phi) is 2.37. The van der Waals surface area contributed by atoms with Crippen molar-refractivity contribution >= 4 is 17.6 Å². The number of fused-ring (bicyclic) bond motifs is 1. The van der Waals surface area contributed by atoms with E-state index in [1.54, 1.807) is 24.3 Å². The lowest BCUT2D eigenvalue weighted by atomic mass is 10.0. The summed E-state index contributed by atoms with van der Waals surface area (Å²) in [5, 5.41) is 0. The van der Waals surface area contributed by atoms with Gasteiger partial charge in [0.1, 0.15) is 0 Å². The van der Waals surface area contributed by atoms with Crippen molar-refractivity contribution in [1.82, 2.24) is 4.90 Å². The average Bonchev–Trinajstić information content (AvgIpc) is 2.63. The number of nitrogens with zero attached hydrogens (tertiary/aromatic N) is 1. The third kappa shape index (κ3) is 1.49. The van der Waals surface area contributed by atoms with E-state index in [4.69, 9.17) is 0 Å². The fourth-order valence-corrected chi connectivity index (χ4v) is 2.40. The summed E-state index contributed by atoms with van der Waals surface area (Å²) in [6, 6.07) is 6.74. The third-order valence-corrected chi connectivity index (χ3v) is 3.26. The van der Waals surface area contributed by atoms with Gasteiger partial charge in [-0.1, -0.05) is 12.1 Å². The molecule has 4 heteroatoms. The van der Waals surface area contributed by atoms with Crippen LogP contribution in [0.1, 0.15) is 40.0 Å². The van der Waals surface area contributed by atoms with Crippen LogP contribution in [0.2, 0.25) is 0 Å². The summed E-state index contributed by atoms with van der Waals surface area (Å²) in [6.45, 7) is 0. The van der Waals surface area contributed by atoms with Crippen molar-refractivity contribution in [2.24, 2.45) is 0 Å². The van der Waals surface area contributed by atoms with E-state index < -0.39 is 0 Å². The molecule has 0 atom stereocenters. The number of imide groups is 1. The van der Waals surface area contributed by atoms with Crippen LogP contribution in [0.4, 0.5) is 0 Å². The van der Waals surface area contributed by atoms with E-state index >= 15 is 0 Å². The first-order valence-corrected chi connectivity index (χ1v) is 5.90. The summed E-state index contributed by atoms with van der Waals surface area (Å²) in [7, 11) is 0. The van der Waals surface area contributed by atoms with Gasteiger partial charge in [-0.2, -0.15) is 0 Å². The van der Waals surface area contributed by atoms with Gasteiger partial charge in [-0.3, -0.25) is 14.4 Å². The van der Waals surface area contributed by atoms with Gasteiger partial charge >= 0.3 is 0 Å². The van der Waals surface area contributed by atoms with Crippen molar-refractivity contribution in [1.29, 1.82) is 0 Å². The number of carbonyl (C=O) groups excluding carboxylic acids is 3. The Balaban J connectivity index is 2.05. The van der Waals surface area contributed by atoms with E-state index in [0.29, 0.717) is 36.1 Å². The Hall–Kier alpha value is -2.23. The molecule has 0 saturated heterocycles. The summed E-state index contributed by atoms with van der Waals surface area (Å²) >= 11 is 0. The van der Waals surface area contributed by atoms with Crippen molar-refractivity contribution in [3.63, 3.8) is 0 Å². The molecule has 0 saturated carbocycles. The van der Waals surface area contributed by atoms with E-state index in [9.17, 15) is 14.4 Å². The Morgan fingerprint density at radius 1 is 0.889 bits per heavy atom. The number of carbonyl (C=O) groups is 3. The highest BCUT2D eigenvalue weighted by molar-refractivity contribution is 6.22. The second-order valence-electron chi connectivity index (χ2n) is 4.45. The predicted octanol–water partition coefficient (Wildman–Crippen LogP) is 1.92. The van der Waals surface area contributed by atoms with Gasteiger partial charge in [-0.05, 0) is 25.0 Å². The molecule has 1 aliphatic carbocycles. The van der Waals surface area contributed by atoms with Crippen LogP contribution in [-0.2, 0) is 4.79 Å². The predicted molar refractivity (Wildman–Crippen MR) is 63.9 cm³/mol. The van der Waals surface area contributed by atoms with Gasteiger partial charge < -0.3 is 0 Å². The second-order valence-corrected chi connectivity index (χ2v) is 4.45. The second kappa shape index (κ2) is 3.91. The molecule has 1 aliphatic heterocycles. The topological polar surface area (TPSA) is 54.5 Å². The zero-order chi connectivity index (χ0) is 12.7. The number of benzene rings is 1. The van der Waals surface area contributed by atoms with E-state index in [-0.39, 0.29) is 17.6 Å². The first-order valence-electron chi connectivity index (χ1n) is 5.90. The fraction of sp³-hybridized carbons (Fsp3) is 0.214. The average molecular weight is 241 g/mol. The summed E-state index contributed by atoms with van der Waals surface area (Å²) in [5.41, 5.74) is 1.36. The van der Waals surface area contributed by atoms with E-state index in [1.165, 1.54) is 6.08 Å². The summed E-state index contributed by atoms with van der Waals surface area (Å²) < 4.78 is 0. The summed E-state index contributed by atoms with van der Waals surface area (Å²) in [4.78, 5) is 36.9. The van der Waals surface area contributed by atoms with Crippen LogP contribution in [0.3, 0.4) is 0 Å². The van der Waals surface area contributed by atoms with E-state index in [0.717, 1.165) is 4.90 Å². The van der Waals surface area contributed by atoms with Crippen LogP contribution in [0, 0.1) is 0 Å². The van der Waals surface area contributed by atoms with Gasteiger partial charge in [0.05, 0.1) is 11.1 Å². The maximum absolute atomic E-state index is 12.2. The number of ketones is 1. The van der Waals surface area contributed by atoms with Crippen LogP contribution >= 0.6 is 0 Å². The molecule has 1 aromatic carbocycles. The third-order valence-electron chi connectivity index (χ3n) is 3.26. The molecule has 0 radical (unpaired) electrons. The van der Waals surface area contributed by atoms with Crippen LogP contribution in [0.5, 0.6) is 0 Å². The molecule has 0 N–H and O–H groups in total. The van der Waals surface area contributed by atoms with E-state index in [2.05, 4.69) is 0 Å². The number of rotatable bonds is 1. The fourth-order valence-electron chi connectivity index (χ4n) is 2.40. The SMILES string of the molecule is O=C1C=C(N2C(=O)c3ccccc3C2=O)CCC1. The zero-order valence-electron chi connectivity index (χ0n) is 9.68. The van der Waals surface area contributed by atoms with E-state index in [1.807, 2.05) is 0 Å². The highest BCUT2D eigenvalue weighted by Gasteiger charge is 2.37. The van der Waals surface area contributed by atoms with Crippen LogP contribution in [0.15, 0.2) is 36.0 Å². The van der Waals surface area contributed by atoms with Gasteiger partial charge in [0.15, 0.2) is 5.78 Å². The molecule has 18 heavy (non-hydrogen) atoms. The molecule has 0 unspecified atom stereocenters. The standard InChI is InChI=1S/C14H11NO3/c16-10-5-3-4-9(8-10)15-13(17)11-6-1-2-7-12(11)14(15)18/h1-2,6-8H,3-5H2. The number of hydrogen-bond donors (Lipinski definition) is 0. The molecule has 0 spiro atoms. The number of amides is 2. The van der Waals surface area contributed by atoms with Crippen LogP contribution < -0.4 is 0 Å². The monoisotopic (exact) mass is 241 g/mol. The lowest BCUT2D eigenvalue weighted by Crippen LogP contribution is -2.30. The molecule has 1 heterocycles. The maximum atomic E-state index is 12.2. The molecular weight excluding hydrogens is 230 g/mol. The Morgan fingerprint density at radius 2 is 1.50 bits per heavy atom. The molecule has 0 fully saturated rings. The molecule has 0 bridgehead atoms. The molecule has 2 amide bonds. The highest BCUT2D eigenvalue weighted by atomic mass is 16.2. The quantitative estimate of drug-likeness (QED) is 0.706. The Bertz CT molecular complexity index is 566. The first kappa shape index (κ1) is 10.9. The molecule has 0 aromatic heterocycles. The van der Waals surface area contributed by atoms with Gasteiger partial charge in [0.2, 0.25) is 0 Å². The van der Waals surface area contributed by atoms with Crippen molar-refractivity contribution in [3.8, 4) is 0 Å². The Morgan fingerprint density at radius 3 is 2.06 bits per heavy atom. The molecule has 2 aliphatic rings. The molecule has 4 nitrogen and oxygen atoms in total. The first-order chi connectivity index (χ1) is 8.68. The largest absolute Gasteiger partial charge is 0.295 e. The van der Waals surface area contributed by atoms with Gasteiger partial charge in [0, 0.05) is 18.2 Å². The molecule has 3 rings (SSSR count). The van der Waals surface area contributed by atoms with Crippen molar-refractivity contribution in [2.45, 2.75) is 19.3 Å². The van der Waals surface area contributed by atoms with Crippen molar-refractivity contribution in [3.05, 3.63) is 47.2 Å². The number of hydrogen-bond acceptors (Lipinski definition) is 3. The molecular formula is C14H11NO3. The van der Waals surface area contributed by atoms with Crippen LogP contribution in [-0.4, -0.2) is 22.5 Å². The minimum absolute atomic E-state index is 0.0205. The zero-order valence-corrected chi connectivity index (χ0v) is 9.68. The smallest absolute Gasteiger partial charge is 0.265 e.